The summed E-state index contributed by atoms with van der Waals surface area (Å²) < 4.78 is 28.1. The number of ether oxygens (including phenoxy) is 5. The summed E-state index contributed by atoms with van der Waals surface area (Å²) in [4.78, 5) is 64.6. The van der Waals surface area contributed by atoms with Gasteiger partial charge < -0.3 is 44.1 Å². The van der Waals surface area contributed by atoms with Gasteiger partial charge in [0, 0.05) is 24.9 Å². The number of nitrogens with zero attached hydrogens (tertiary/aromatic N) is 1. The molecule has 0 saturated carbocycles. The van der Waals surface area contributed by atoms with Crippen molar-refractivity contribution in [2.75, 3.05) is 20.7 Å². The van der Waals surface area contributed by atoms with E-state index in [4.69, 9.17) is 23.7 Å². The number of esters is 3. The van der Waals surface area contributed by atoms with E-state index in [1.807, 2.05) is 19.2 Å². The van der Waals surface area contributed by atoms with E-state index in [0.29, 0.717) is 30.9 Å². The van der Waals surface area contributed by atoms with Crippen molar-refractivity contribution in [2.24, 2.45) is 5.92 Å². The van der Waals surface area contributed by atoms with Crippen LogP contribution in [0.2, 0.25) is 0 Å². The first kappa shape index (κ1) is 34.2. The molecule has 14 heteroatoms. The van der Waals surface area contributed by atoms with Gasteiger partial charge in [0.25, 0.3) is 5.91 Å². The highest BCUT2D eigenvalue weighted by atomic mass is 16.6. The summed E-state index contributed by atoms with van der Waals surface area (Å²) in [6.45, 7) is 6.53. The zero-order valence-corrected chi connectivity index (χ0v) is 27.4. The zero-order valence-electron chi connectivity index (χ0n) is 27.4. The molecule has 2 bridgehead atoms. The Labute approximate surface area is 272 Å². The Morgan fingerprint density at radius 1 is 1.15 bits per heavy atom. The molecule has 14 nitrogen and oxygen atoms in total. The number of carboxylic acid groups (broad SMARTS) is 1. The van der Waals surface area contributed by atoms with Gasteiger partial charge in [-0.2, -0.15) is 0 Å². The first-order valence-electron chi connectivity index (χ1n) is 15.7. The Bertz CT molecular complexity index is 1510. The van der Waals surface area contributed by atoms with E-state index in [0.717, 1.165) is 18.1 Å². The lowest BCUT2D eigenvalue weighted by atomic mass is 9.50. The molecule has 4 aliphatic rings. The van der Waals surface area contributed by atoms with Crippen molar-refractivity contribution in [3.63, 3.8) is 0 Å². The Balaban J connectivity index is 1.33. The minimum absolute atomic E-state index is 0.0341. The third-order valence-electron chi connectivity index (χ3n) is 9.70. The first-order chi connectivity index (χ1) is 22.1. The lowest BCUT2D eigenvalue weighted by Crippen LogP contribution is -2.74. The number of carbonyl (C=O) groups excluding carboxylic acids is 4. The van der Waals surface area contributed by atoms with Crippen LogP contribution in [-0.4, -0.2) is 102 Å². The second kappa shape index (κ2) is 12.8. The topological polar surface area (TPSA) is 187 Å². The smallest absolute Gasteiger partial charge is 0.348 e. The van der Waals surface area contributed by atoms with Crippen molar-refractivity contribution in [2.45, 2.75) is 101 Å². The first-order valence-corrected chi connectivity index (χ1v) is 15.7. The van der Waals surface area contributed by atoms with Gasteiger partial charge in [-0.1, -0.05) is 19.9 Å². The van der Waals surface area contributed by atoms with Crippen LogP contribution in [0.25, 0.3) is 0 Å². The molecule has 1 aromatic rings. The van der Waals surface area contributed by atoms with Crippen LogP contribution < -0.4 is 14.8 Å². The standard InChI is InChI=1S/C33H42N2O12/c1-16(2)13-20(30(39)40)34-29(38)17(3)44-31(41)23(45-18(4)36)15-25(37)46-22-9-10-33(42)24-14-19-7-8-21(43-6)27-26(19)32(33,28(22)47-27)11-12-35(24)5/h7-9,16-17,20,23-24,28,42H,10-15H2,1-6H3,(H,34,38)(H,39,40)/t17?,20?,23?,24-,28+,32+,33-/m1/s1. The molecule has 5 rings (SSSR count). The monoisotopic (exact) mass is 658 g/mol. The minimum atomic E-state index is -1.75. The quantitative estimate of drug-likeness (QED) is 0.216. The van der Waals surface area contributed by atoms with Gasteiger partial charge in [-0.25, -0.2) is 9.59 Å². The molecule has 3 N–H and O–H groups in total. The van der Waals surface area contributed by atoms with E-state index in [-0.39, 0.29) is 30.6 Å². The fraction of sp³-hybridized carbons (Fsp3) is 0.606. The van der Waals surface area contributed by atoms with Gasteiger partial charge in [-0.15, -0.1) is 0 Å². The van der Waals surface area contributed by atoms with Crippen LogP contribution in [0.3, 0.4) is 0 Å². The van der Waals surface area contributed by atoms with E-state index < -0.39 is 71.6 Å². The summed E-state index contributed by atoms with van der Waals surface area (Å²) in [5.41, 5.74) is -0.276. The molecule has 2 heterocycles. The molecule has 0 radical (unpaired) electrons. The number of rotatable bonds is 12. The normalized spacial score (nSPS) is 27.3. The highest BCUT2D eigenvalue weighted by Gasteiger charge is 2.72. The largest absolute Gasteiger partial charge is 0.493 e. The van der Waals surface area contributed by atoms with Crippen molar-refractivity contribution in [3.8, 4) is 11.5 Å². The van der Waals surface area contributed by atoms with Gasteiger partial charge in [0.05, 0.1) is 24.5 Å². The zero-order chi connectivity index (χ0) is 34.4. The Morgan fingerprint density at radius 3 is 2.51 bits per heavy atom. The maximum Gasteiger partial charge on any atom is 0.348 e. The molecule has 47 heavy (non-hydrogen) atoms. The van der Waals surface area contributed by atoms with Gasteiger partial charge in [-0.3, -0.25) is 14.4 Å². The summed E-state index contributed by atoms with van der Waals surface area (Å²) in [5.74, 6) is -4.01. The van der Waals surface area contributed by atoms with Crippen LogP contribution in [0.1, 0.15) is 64.5 Å². The van der Waals surface area contributed by atoms with Crippen molar-refractivity contribution in [1.29, 1.82) is 0 Å². The summed E-state index contributed by atoms with van der Waals surface area (Å²) in [6.07, 6.45) is -1.75. The molecule has 0 aromatic heterocycles. The van der Waals surface area contributed by atoms with Crippen molar-refractivity contribution in [1.82, 2.24) is 10.2 Å². The predicted octanol–water partition coefficient (Wildman–Crippen LogP) is 1.39. The Kier molecular flexibility index (Phi) is 9.30. The van der Waals surface area contributed by atoms with Crippen LogP contribution >= 0.6 is 0 Å². The number of piperidine rings is 1. The maximum absolute atomic E-state index is 13.3. The number of nitrogens with one attached hydrogen (secondary N) is 1. The van der Waals surface area contributed by atoms with Gasteiger partial charge in [-0.05, 0) is 63.4 Å². The SMILES string of the molecule is COc1ccc2c3c1O[C@H]1C(OC(=O)CC(OC(C)=O)C(=O)OC(C)C(=O)NC(CC(C)C)C(=O)O)=CC[C@@]4(O)[C@@H](C2)N(C)CC[C@]314. The van der Waals surface area contributed by atoms with Crippen LogP contribution in [-0.2, 0) is 50.0 Å². The number of likely N-dealkylation sites (N-methyl/N-ethyl adjacent to an activating group) is 1. The van der Waals surface area contributed by atoms with Gasteiger partial charge in [0.15, 0.2) is 23.7 Å². The summed E-state index contributed by atoms with van der Waals surface area (Å²) >= 11 is 0. The molecule has 3 unspecified atom stereocenters. The lowest BCUT2D eigenvalue weighted by Gasteiger charge is -2.61. The number of carbonyl (C=O) groups is 5. The van der Waals surface area contributed by atoms with E-state index in [9.17, 15) is 34.2 Å². The number of hydrogen-bond donors (Lipinski definition) is 3. The number of methoxy groups -OCH3 is 1. The van der Waals surface area contributed by atoms with Crippen LogP contribution in [0.4, 0.5) is 0 Å². The molecule has 1 saturated heterocycles. The number of amides is 1. The summed E-state index contributed by atoms with van der Waals surface area (Å²) in [6, 6.07) is 2.39. The number of hydrogen-bond acceptors (Lipinski definition) is 12. The molecule has 7 atom stereocenters. The minimum Gasteiger partial charge on any atom is -0.493 e. The van der Waals surface area contributed by atoms with E-state index in [1.165, 1.54) is 14.0 Å². The molecular formula is C33H42N2O12. The van der Waals surface area contributed by atoms with Crippen molar-refractivity contribution in [3.05, 3.63) is 35.1 Å². The van der Waals surface area contributed by atoms with Crippen molar-refractivity contribution >= 4 is 29.8 Å². The van der Waals surface area contributed by atoms with Crippen LogP contribution in [0.5, 0.6) is 11.5 Å². The third kappa shape index (κ3) is 5.93. The second-order valence-electron chi connectivity index (χ2n) is 13.2. The summed E-state index contributed by atoms with van der Waals surface area (Å²) in [5, 5.41) is 24.1. The second-order valence-corrected chi connectivity index (χ2v) is 13.2. The fourth-order valence-electron chi connectivity index (χ4n) is 7.57. The number of carboxylic acids is 1. The number of aliphatic hydroxyl groups is 1. The Hall–Kier alpha value is -4.17. The molecule has 1 fully saturated rings. The number of aliphatic carboxylic acids is 1. The van der Waals surface area contributed by atoms with Crippen LogP contribution in [0, 0.1) is 5.92 Å². The molecule has 256 valence electrons. The summed E-state index contributed by atoms with van der Waals surface area (Å²) in [7, 11) is 3.50. The fourth-order valence-corrected chi connectivity index (χ4v) is 7.57. The number of benzene rings is 1. The van der Waals surface area contributed by atoms with Gasteiger partial charge in [0.2, 0.25) is 6.10 Å². The third-order valence-corrected chi connectivity index (χ3v) is 9.70. The van der Waals surface area contributed by atoms with Gasteiger partial charge >= 0.3 is 23.9 Å². The lowest BCUT2D eigenvalue weighted by molar-refractivity contribution is -0.177. The average molecular weight is 659 g/mol. The Morgan fingerprint density at radius 2 is 1.87 bits per heavy atom. The number of likely N-dealkylation sites (tertiary alicyclic amines) is 1. The average Bonchev–Trinajstić information content (AvgIpc) is 3.35. The maximum atomic E-state index is 13.3. The van der Waals surface area contributed by atoms with E-state index >= 15 is 0 Å². The van der Waals surface area contributed by atoms with Crippen LogP contribution in [0.15, 0.2) is 24.0 Å². The molecule has 1 amide bonds. The molecule has 1 spiro atoms. The van der Waals surface area contributed by atoms with Gasteiger partial charge in [0.1, 0.15) is 11.8 Å². The molecular weight excluding hydrogens is 616 g/mol. The van der Waals surface area contributed by atoms with Crippen molar-refractivity contribution < 1.29 is 57.9 Å². The molecule has 2 aliphatic carbocycles. The highest BCUT2D eigenvalue weighted by Crippen LogP contribution is 2.65. The highest BCUT2D eigenvalue weighted by molar-refractivity contribution is 5.89. The molecule has 2 aliphatic heterocycles. The molecule has 1 aromatic carbocycles. The van der Waals surface area contributed by atoms with E-state index in [1.54, 1.807) is 19.9 Å². The predicted molar refractivity (Wildman–Crippen MR) is 162 cm³/mol. The van der Waals surface area contributed by atoms with E-state index in [2.05, 4.69) is 10.2 Å².